The van der Waals surface area contributed by atoms with Crippen LogP contribution in [-0.2, 0) is 28.8 Å². The lowest BCUT2D eigenvalue weighted by atomic mass is 10.0. The first-order chi connectivity index (χ1) is 17.3. The molecule has 12 heteroatoms. The summed E-state index contributed by atoms with van der Waals surface area (Å²) in [4.78, 5) is 90.1. The van der Waals surface area contributed by atoms with Crippen molar-refractivity contribution in [1.82, 2.24) is 15.3 Å². The number of hydroxylamine groups is 2. The molecule has 1 unspecified atom stereocenters. The number of unbranched alkanes of at least 4 members (excludes halogenated alkanes) is 3. The number of amides is 6. The maximum Gasteiger partial charge on any atom is 0.333 e. The summed E-state index contributed by atoms with van der Waals surface area (Å²) in [7, 11) is 0. The Morgan fingerprint density at radius 3 is 2.39 bits per heavy atom. The number of hydrogen-bond acceptors (Lipinski definition) is 9. The van der Waals surface area contributed by atoms with Crippen LogP contribution in [-0.4, -0.2) is 64.0 Å². The Balaban J connectivity index is 1.22. The van der Waals surface area contributed by atoms with Crippen LogP contribution in [0.5, 0.6) is 0 Å². The Hall–Kier alpha value is -4.09. The lowest BCUT2D eigenvalue weighted by Crippen LogP contribution is -2.54. The van der Waals surface area contributed by atoms with E-state index >= 15 is 0 Å². The lowest BCUT2D eigenvalue weighted by Gasteiger charge is -2.27. The molecule has 0 aromatic heterocycles. The van der Waals surface area contributed by atoms with Crippen molar-refractivity contribution >= 4 is 47.1 Å². The lowest BCUT2D eigenvalue weighted by molar-refractivity contribution is -0.197. The second-order valence-electron chi connectivity index (χ2n) is 8.81. The van der Waals surface area contributed by atoms with Gasteiger partial charge in [0, 0.05) is 37.9 Å². The van der Waals surface area contributed by atoms with Gasteiger partial charge in [-0.25, -0.2) is 4.79 Å². The Kier molecular flexibility index (Phi) is 7.41. The van der Waals surface area contributed by atoms with Crippen LogP contribution in [0.4, 0.5) is 5.69 Å². The molecule has 3 aliphatic rings. The smallest absolute Gasteiger partial charge is 0.333 e. The molecule has 12 nitrogen and oxygen atoms in total. The molecule has 3 heterocycles. The number of nitrogens with zero attached hydrogens (tertiary/aromatic N) is 2. The van der Waals surface area contributed by atoms with Crippen LogP contribution in [0.25, 0.3) is 0 Å². The van der Waals surface area contributed by atoms with Crippen LogP contribution in [0.15, 0.2) is 18.2 Å². The Bertz CT molecular complexity index is 1130. The zero-order valence-electron chi connectivity index (χ0n) is 19.5. The number of nitrogens with one attached hydrogen (secondary N) is 2. The molecular formula is C24H26N4O8. The fourth-order valence-electron chi connectivity index (χ4n) is 4.44. The van der Waals surface area contributed by atoms with Crippen molar-refractivity contribution in [1.29, 1.82) is 0 Å². The zero-order valence-corrected chi connectivity index (χ0v) is 19.5. The van der Waals surface area contributed by atoms with Gasteiger partial charge < -0.3 is 10.2 Å². The van der Waals surface area contributed by atoms with Crippen molar-refractivity contribution in [3.05, 3.63) is 29.3 Å². The first-order valence-electron chi connectivity index (χ1n) is 11.9. The summed E-state index contributed by atoms with van der Waals surface area (Å²) in [5.41, 5.74) is 0.910. The molecule has 6 amide bonds. The molecule has 2 fully saturated rings. The predicted molar refractivity (Wildman–Crippen MR) is 122 cm³/mol. The summed E-state index contributed by atoms with van der Waals surface area (Å²) >= 11 is 0. The average molecular weight is 498 g/mol. The summed E-state index contributed by atoms with van der Waals surface area (Å²) in [6.45, 7) is 0.511. The number of fused-ring (bicyclic) bond motifs is 1. The molecule has 2 saturated heterocycles. The highest BCUT2D eigenvalue weighted by atomic mass is 16.7. The van der Waals surface area contributed by atoms with Crippen LogP contribution in [0.3, 0.4) is 0 Å². The van der Waals surface area contributed by atoms with Crippen molar-refractivity contribution in [3.8, 4) is 0 Å². The molecule has 3 aliphatic heterocycles. The van der Waals surface area contributed by atoms with E-state index in [0.29, 0.717) is 30.1 Å². The van der Waals surface area contributed by atoms with Crippen molar-refractivity contribution < 1.29 is 38.4 Å². The third kappa shape index (κ3) is 5.11. The van der Waals surface area contributed by atoms with Crippen LogP contribution in [0, 0.1) is 0 Å². The van der Waals surface area contributed by atoms with Crippen molar-refractivity contribution in [2.45, 2.75) is 63.8 Å². The maximum atomic E-state index is 13.1. The molecule has 4 rings (SSSR count). The number of imide groups is 3. The highest BCUT2D eigenvalue weighted by Crippen LogP contribution is 2.32. The quantitative estimate of drug-likeness (QED) is 0.355. The number of hydrogen-bond donors (Lipinski definition) is 2. The number of carbonyl (C=O) groups is 7. The second kappa shape index (κ2) is 10.7. The first-order valence-corrected chi connectivity index (χ1v) is 11.9. The van der Waals surface area contributed by atoms with Gasteiger partial charge in [-0.05, 0) is 31.4 Å². The van der Waals surface area contributed by atoms with Gasteiger partial charge in [0.1, 0.15) is 6.04 Å². The minimum atomic E-state index is -1.02. The first kappa shape index (κ1) is 25.0. The van der Waals surface area contributed by atoms with E-state index in [4.69, 9.17) is 4.84 Å². The molecule has 1 aromatic carbocycles. The normalized spacial score (nSPS) is 19.6. The molecule has 0 saturated carbocycles. The molecule has 1 aromatic rings. The minimum Gasteiger partial charge on any atom is -0.384 e. The molecule has 0 spiro atoms. The zero-order chi connectivity index (χ0) is 25.8. The topological polar surface area (TPSA) is 159 Å². The van der Waals surface area contributed by atoms with Gasteiger partial charge in [-0.15, -0.1) is 5.06 Å². The molecular weight excluding hydrogens is 472 g/mol. The highest BCUT2D eigenvalue weighted by Gasteiger charge is 2.45. The minimum absolute atomic E-state index is 0.0540. The number of benzene rings is 1. The van der Waals surface area contributed by atoms with Gasteiger partial charge in [0.05, 0.1) is 11.1 Å². The molecule has 0 aliphatic carbocycles. The molecule has 2 N–H and O–H groups in total. The summed E-state index contributed by atoms with van der Waals surface area (Å²) in [6.07, 6.45) is 3.08. The van der Waals surface area contributed by atoms with E-state index in [1.165, 1.54) is 6.07 Å². The third-order valence-corrected chi connectivity index (χ3v) is 6.29. The van der Waals surface area contributed by atoms with E-state index < -0.39 is 47.5 Å². The molecule has 1 atom stereocenters. The van der Waals surface area contributed by atoms with E-state index in [1.807, 2.05) is 0 Å². The van der Waals surface area contributed by atoms with Crippen LogP contribution >= 0.6 is 0 Å². The van der Waals surface area contributed by atoms with Crippen LogP contribution in [0.1, 0.15) is 78.5 Å². The largest absolute Gasteiger partial charge is 0.384 e. The summed E-state index contributed by atoms with van der Waals surface area (Å²) < 4.78 is 0. The molecule has 0 bridgehead atoms. The molecule has 190 valence electrons. The number of piperidine rings is 1. The molecule has 36 heavy (non-hydrogen) atoms. The van der Waals surface area contributed by atoms with E-state index in [9.17, 15) is 33.6 Å². The van der Waals surface area contributed by atoms with E-state index in [-0.39, 0.29) is 43.2 Å². The third-order valence-electron chi connectivity index (χ3n) is 6.29. The van der Waals surface area contributed by atoms with Crippen molar-refractivity contribution in [2.24, 2.45) is 0 Å². The van der Waals surface area contributed by atoms with Crippen LogP contribution in [0.2, 0.25) is 0 Å². The van der Waals surface area contributed by atoms with Gasteiger partial charge in [0.2, 0.25) is 11.8 Å². The van der Waals surface area contributed by atoms with Gasteiger partial charge in [0.15, 0.2) is 0 Å². The Labute approximate surface area is 206 Å². The summed E-state index contributed by atoms with van der Waals surface area (Å²) in [5, 5.41) is 5.88. The van der Waals surface area contributed by atoms with Crippen LogP contribution < -0.4 is 10.6 Å². The number of carbonyl (C=O) groups excluding carboxylic acids is 7. The maximum absolute atomic E-state index is 13.1. The fourth-order valence-corrected chi connectivity index (χ4v) is 4.44. The molecule has 0 radical (unpaired) electrons. The number of rotatable bonds is 10. The predicted octanol–water partition coefficient (Wildman–Crippen LogP) is 1.06. The Morgan fingerprint density at radius 2 is 1.67 bits per heavy atom. The Morgan fingerprint density at radius 1 is 0.944 bits per heavy atom. The van der Waals surface area contributed by atoms with Gasteiger partial charge in [-0.1, -0.05) is 18.9 Å². The van der Waals surface area contributed by atoms with Gasteiger partial charge >= 0.3 is 5.97 Å². The van der Waals surface area contributed by atoms with E-state index in [1.54, 1.807) is 12.1 Å². The monoisotopic (exact) mass is 498 g/mol. The van der Waals surface area contributed by atoms with E-state index in [2.05, 4.69) is 10.6 Å². The van der Waals surface area contributed by atoms with Gasteiger partial charge in [0.25, 0.3) is 23.6 Å². The number of anilines is 1. The summed E-state index contributed by atoms with van der Waals surface area (Å²) in [6, 6.07) is 3.86. The van der Waals surface area contributed by atoms with Crippen molar-refractivity contribution in [3.63, 3.8) is 0 Å². The van der Waals surface area contributed by atoms with Gasteiger partial charge in [-0.3, -0.25) is 39.0 Å². The highest BCUT2D eigenvalue weighted by molar-refractivity contribution is 6.25. The summed E-state index contributed by atoms with van der Waals surface area (Å²) in [5.74, 6) is -3.85. The van der Waals surface area contributed by atoms with Gasteiger partial charge in [-0.2, -0.15) is 0 Å². The standard InChI is InChI=1S/C24H26N4O8/c29-17-10-9-16(22(33)26-17)27-23(34)14-6-5-7-15(21(14)24(27)35)25-13-4-2-1-3-8-20(32)36-28-18(30)11-12-19(28)31/h5-7,16,25H,1-4,8-13H2,(H,26,29,33). The average Bonchev–Trinajstić information content (AvgIpc) is 3.29. The van der Waals surface area contributed by atoms with E-state index in [0.717, 1.165) is 17.7 Å². The van der Waals surface area contributed by atoms with Crippen molar-refractivity contribution in [2.75, 3.05) is 11.9 Å². The SMILES string of the molecule is O=C1CCC(N2C(=O)c3cccc(NCCCCCCC(=O)ON4C(=O)CCC4=O)c3C2=O)C(=O)N1. The second-order valence-corrected chi connectivity index (χ2v) is 8.81. The fraction of sp³-hybridized carbons (Fsp3) is 0.458.